The molecule has 0 saturated heterocycles. The van der Waals surface area contributed by atoms with Gasteiger partial charge >= 0.3 is 0 Å². The van der Waals surface area contributed by atoms with Crippen LogP contribution in [0.4, 0.5) is 0 Å². The average molecular weight is 229 g/mol. The Morgan fingerprint density at radius 1 is 1.00 bits per heavy atom. The molecule has 3 N–H and O–H groups in total. The molecule has 1 unspecified atom stereocenters. The van der Waals surface area contributed by atoms with Crippen molar-refractivity contribution in [2.75, 3.05) is 6.54 Å². The zero-order chi connectivity index (χ0) is 12.4. The maximum Gasteiger partial charge on any atom is 0.0792 e. The van der Waals surface area contributed by atoms with E-state index in [1.807, 2.05) is 13.8 Å². The van der Waals surface area contributed by atoms with Gasteiger partial charge in [-0.25, -0.2) is 0 Å². The van der Waals surface area contributed by atoms with Gasteiger partial charge in [0.2, 0.25) is 0 Å². The molecule has 0 fully saturated rings. The molecular weight excluding hydrogens is 198 g/mol. The van der Waals surface area contributed by atoms with Crippen LogP contribution in [0.3, 0.4) is 0 Å². The monoisotopic (exact) mass is 229 g/mol. The summed E-state index contributed by atoms with van der Waals surface area (Å²) >= 11 is 0. The number of aliphatic hydroxyl groups is 1. The molecule has 0 bridgehead atoms. The summed E-state index contributed by atoms with van der Waals surface area (Å²) in [5, 5.41) is 10.2. The first-order valence-electron chi connectivity index (χ1n) is 6.99. The summed E-state index contributed by atoms with van der Waals surface area (Å²) in [6.45, 7) is 6.73. The number of unbranched alkanes of at least 4 members (excludes halogenated alkanes) is 6. The highest BCUT2D eigenvalue weighted by molar-refractivity contribution is 4.82. The maximum absolute atomic E-state index is 10.2. The van der Waals surface area contributed by atoms with Gasteiger partial charge in [-0.1, -0.05) is 65.7 Å². The van der Waals surface area contributed by atoms with Crippen LogP contribution >= 0.6 is 0 Å². The highest BCUT2D eigenvalue weighted by atomic mass is 16.3. The van der Waals surface area contributed by atoms with Gasteiger partial charge in [-0.15, -0.1) is 0 Å². The molecule has 0 aliphatic heterocycles. The van der Waals surface area contributed by atoms with Gasteiger partial charge in [0.25, 0.3) is 0 Å². The van der Waals surface area contributed by atoms with E-state index in [1.165, 1.54) is 38.5 Å². The predicted molar refractivity (Wildman–Crippen MR) is 71.5 cm³/mol. The second-order valence-corrected chi connectivity index (χ2v) is 5.33. The molecule has 2 heteroatoms. The molecule has 0 aliphatic carbocycles. The second kappa shape index (κ2) is 9.00. The molecule has 2 nitrogen and oxygen atoms in total. The van der Waals surface area contributed by atoms with Gasteiger partial charge in [0.15, 0.2) is 0 Å². The molecular formula is C14H31NO. The zero-order valence-corrected chi connectivity index (χ0v) is 11.5. The lowest BCUT2D eigenvalue weighted by atomic mass is 9.85. The van der Waals surface area contributed by atoms with Crippen LogP contribution < -0.4 is 5.73 Å². The number of rotatable bonds is 10. The second-order valence-electron chi connectivity index (χ2n) is 5.33. The van der Waals surface area contributed by atoms with Crippen LogP contribution in [0.25, 0.3) is 0 Å². The van der Waals surface area contributed by atoms with Crippen LogP contribution in [0, 0.1) is 5.92 Å². The summed E-state index contributed by atoms with van der Waals surface area (Å²) in [7, 11) is 0. The molecule has 0 radical (unpaired) electrons. The highest BCUT2D eigenvalue weighted by Crippen LogP contribution is 2.23. The van der Waals surface area contributed by atoms with Gasteiger partial charge in [-0.2, -0.15) is 0 Å². The fourth-order valence-corrected chi connectivity index (χ4v) is 2.01. The Balaban J connectivity index is 3.49. The van der Waals surface area contributed by atoms with Gasteiger partial charge in [0.1, 0.15) is 0 Å². The minimum atomic E-state index is -0.635. The van der Waals surface area contributed by atoms with E-state index in [-0.39, 0.29) is 5.92 Å². The van der Waals surface area contributed by atoms with E-state index in [1.54, 1.807) is 0 Å². The first kappa shape index (κ1) is 15.9. The molecule has 0 rings (SSSR count). The van der Waals surface area contributed by atoms with Crippen LogP contribution in [0.15, 0.2) is 0 Å². The largest absolute Gasteiger partial charge is 0.388 e. The van der Waals surface area contributed by atoms with Crippen molar-refractivity contribution in [1.29, 1.82) is 0 Å². The van der Waals surface area contributed by atoms with Crippen molar-refractivity contribution in [3.8, 4) is 0 Å². The zero-order valence-electron chi connectivity index (χ0n) is 11.5. The molecule has 0 saturated carbocycles. The van der Waals surface area contributed by atoms with Crippen molar-refractivity contribution < 1.29 is 5.11 Å². The topological polar surface area (TPSA) is 46.2 Å². The molecule has 0 aromatic rings. The molecule has 0 heterocycles. The fourth-order valence-electron chi connectivity index (χ4n) is 2.01. The molecule has 0 spiro atoms. The Hall–Kier alpha value is -0.0800. The molecule has 0 amide bonds. The van der Waals surface area contributed by atoms with Crippen LogP contribution in [0.2, 0.25) is 0 Å². The fraction of sp³-hybridized carbons (Fsp3) is 1.00. The minimum Gasteiger partial charge on any atom is -0.388 e. The summed E-state index contributed by atoms with van der Waals surface area (Å²) in [4.78, 5) is 0. The van der Waals surface area contributed by atoms with Crippen LogP contribution in [-0.2, 0) is 0 Å². The molecule has 16 heavy (non-hydrogen) atoms. The molecule has 0 aromatic carbocycles. The van der Waals surface area contributed by atoms with Crippen LogP contribution in [0.1, 0.15) is 72.1 Å². The molecule has 0 aliphatic rings. The van der Waals surface area contributed by atoms with Crippen LogP contribution in [-0.4, -0.2) is 17.3 Å². The third-order valence-electron chi connectivity index (χ3n) is 3.64. The average Bonchev–Trinajstić information content (AvgIpc) is 2.27. The predicted octanol–water partition coefficient (Wildman–Crippen LogP) is 3.47. The number of hydrogen-bond acceptors (Lipinski definition) is 2. The molecule has 98 valence electrons. The first-order valence-corrected chi connectivity index (χ1v) is 6.99. The van der Waals surface area contributed by atoms with E-state index in [2.05, 4.69) is 6.92 Å². The van der Waals surface area contributed by atoms with Crippen LogP contribution in [0.5, 0.6) is 0 Å². The lowest BCUT2D eigenvalue weighted by molar-refractivity contribution is -0.00649. The van der Waals surface area contributed by atoms with E-state index < -0.39 is 5.60 Å². The SMILES string of the molecule is CCCCCCCCCC(O)(CN)C(C)C. The summed E-state index contributed by atoms with van der Waals surface area (Å²) < 4.78 is 0. The van der Waals surface area contributed by atoms with E-state index in [0.29, 0.717) is 6.54 Å². The van der Waals surface area contributed by atoms with E-state index in [4.69, 9.17) is 5.73 Å². The maximum atomic E-state index is 10.2. The Labute approximate surface area is 102 Å². The van der Waals surface area contributed by atoms with E-state index in [9.17, 15) is 5.11 Å². The van der Waals surface area contributed by atoms with Crippen molar-refractivity contribution in [1.82, 2.24) is 0 Å². The van der Waals surface area contributed by atoms with Crippen molar-refractivity contribution in [3.05, 3.63) is 0 Å². The van der Waals surface area contributed by atoms with Gasteiger partial charge in [-0.05, 0) is 12.3 Å². The molecule has 1 atom stereocenters. The van der Waals surface area contributed by atoms with Gasteiger partial charge in [0, 0.05) is 6.54 Å². The summed E-state index contributed by atoms with van der Waals surface area (Å²) in [5.41, 5.74) is 5.00. The Kier molecular flexibility index (Phi) is 8.96. The lowest BCUT2D eigenvalue weighted by Gasteiger charge is -2.30. The van der Waals surface area contributed by atoms with Gasteiger partial charge in [0.05, 0.1) is 5.60 Å². The first-order chi connectivity index (χ1) is 7.56. The van der Waals surface area contributed by atoms with E-state index in [0.717, 1.165) is 12.8 Å². The molecule has 0 aromatic heterocycles. The third-order valence-corrected chi connectivity index (χ3v) is 3.64. The van der Waals surface area contributed by atoms with Gasteiger partial charge < -0.3 is 10.8 Å². The van der Waals surface area contributed by atoms with E-state index >= 15 is 0 Å². The van der Waals surface area contributed by atoms with Crippen molar-refractivity contribution in [3.63, 3.8) is 0 Å². The smallest absolute Gasteiger partial charge is 0.0792 e. The Morgan fingerprint density at radius 3 is 1.94 bits per heavy atom. The quantitative estimate of drug-likeness (QED) is 0.563. The summed E-state index contributed by atoms with van der Waals surface area (Å²) in [6.07, 6.45) is 9.88. The minimum absolute atomic E-state index is 0.262. The summed E-state index contributed by atoms with van der Waals surface area (Å²) in [5.74, 6) is 0.262. The highest BCUT2D eigenvalue weighted by Gasteiger charge is 2.28. The third kappa shape index (κ3) is 6.49. The Morgan fingerprint density at radius 2 is 1.50 bits per heavy atom. The van der Waals surface area contributed by atoms with Crippen molar-refractivity contribution in [2.45, 2.75) is 77.7 Å². The number of hydrogen-bond donors (Lipinski definition) is 2. The normalized spacial score (nSPS) is 15.4. The van der Waals surface area contributed by atoms with Crippen molar-refractivity contribution >= 4 is 0 Å². The van der Waals surface area contributed by atoms with Crippen molar-refractivity contribution in [2.24, 2.45) is 11.7 Å². The van der Waals surface area contributed by atoms with Gasteiger partial charge in [-0.3, -0.25) is 0 Å². The Bertz CT molecular complexity index is 159. The number of nitrogens with two attached hydrogens (primary N) is 1. The summed E-state index contributed by atoms with van der Waals surface area (Å²) in [6, 6.07) is 0. The lowest BCUT2D eigenvalue weighted by Crippen LogP contribution is -2.42. The standard InChI is InChI=1S/C14H31NO/c1-4-5-6-7-8-9-10-11-14(16,12-15)13(2)3/h13,16H,4-12,15H2,1-3H3.